The van der Waals surface area contributed by atoms with E-state index in [0.29, 0.717) is 16.0 Å². The van der Waals surface area contributed by atoms with Crippen LogP contribution in [0.15, 0.2) is 34.9 Å². The minimum absolute atomic E-state index is 0.211. The Balaban J connectivity index is 2.26. The molecule has 0 N–H and O–H groups in total. The lowest BCUT2D eigenvalue weighted by molar-refractivity contribution is 0.412. The van der Waals surface area contributed by atoms with E-state index in [9.17, 15) is 4.39 Å². The molecule has 19 heavy (non-hydrogen) atoms. The third-order valence-electron chi connectivity index (χ3n) is 2.29. The summed E-state index contributed by atoms with van der Waals surface area (Å²) in [6.45, 7) is 0. The zero-order chi connectivity index (χ0) is 13.8. The lowest BCUT2D eigenvalue weighted by Crippen LogP contribution is -1.92. The maximum atomic E-state index is 13.4. The van der Waals surface area contributed by atoms with Crippen LogP contribution in [0.3, 0.4) is 0 Å². The van der Waals surface area contributed by atoms with Crippen LogP contribution in [0, 0.1) is 17.1 Å². The van der Waals surface area contributed by atoms with Crippen LogP contribution in [0.2, 0.25) is 0 Å². The number of methoxy groups -OCH3 is 1. The van der Waals surface area contributed by atoms with Crippen LogP contribution in [0.25, 0.3) is 0 Å². The molecule has 0 fully saturated rings. The highest BCUT2D eigenvalue weighted by molar-refractivity contribution is 9.10. The molecule has 0 bridgehead atoms. The van der Waals surface area contributed by atoms with Crippen molar-refractivity contribution >= 4 is 15.9 Å². The van der Waals surface area contributed by atoms with Crippen molar-refractivity contribution in [2.75, 3.05) is 7.11 Å². The van der Waals surface area contributed by atoms with Gasteiger partial charge in [0.1, 0.15) is 23.3 Å². The summed E-state index contributed by atoms with van der Waals surface area (Å²) in [4.78, 5) is 3.66. The number of nitriles is 1. The molecule has 0 atom stereocenters. The fraction of sp³-hybridized carbons (Fsp3) is 0.0769. The van der Waals surface area contributed by atoms with E-state index in [2.05, 4.69) is 20.9 Å². The molecule has 0 aliphatic carbocycles. The van der Waals surface area contributed by atoms with Gasteiger partial charge in [0.2, 0.25) is 0 Å². The van der Waals surface area contributed by atoms with Crippen LogP contribution in [0.4, 0.5) is 4.39 Å². The van der Waals surface area contributed by atoms with Crippen LogP contribution in [-0.4, -0.2) is 12.1 Å². The molecular weight excluding hydrogens is 315 g/mol. The summed E-state index contributed by atoms with van der Waals surface area (Å²) >= 11 is 3.32. The summed E-state index contributed by atoms with van der Waals surface area (Å²) < 4.78 is 24.6. The number of nitrogens with zero attached hydrogens (tertiary/aromatic N) is 2. The standard InChI is InChI=1S/C13H8BrFN2O2/c1-18-8-2-3-13(10(14)4-8)19-9-5-11(15)12(6-16)17-7-9/h2-5,7H,1H3. The molecular formula is C13H8BrFN2O2. The third kappa shape index (κ3) is 3.01. The van der Waals surface area contributed by atoms with Crippen LogP contribution >= 0.6 is 15.9 Å². The molecule has 0 amide bonds. The first-order valence-electron chi connectivity index (χ1n) is 5.21. The topological polar surface area (TPSA) is 55.1 Å². The fourth-order valence-corrected chi connectivity index (χ4v) is 1.82. The van der Waals surface area contributed by atoms with E-state index in [4.69, 9.17) is 14.7 Å². The summed E-state index contributed by atoms with van der Waals surface area (Å²) in [6, 6.07) is 7.88. The number of halogens is 2. The number of hydrogen-bond donors (Lipinski definition) is 0. The number of ether oxygens (including phenoxy) is 2. The van der Waals surface area contributed by atoms with E-state index in [-0.39, 0.29) is 11.4 Å². The van der Waals surface area contributed by atoms with Crippen molar-refractivity contribution in [2.45, 2.75) is 0 Å². The average Bonchev–Trinajstić information content (AvgIpc) is 2.41. The zero-order valence-corrected chi connectivity index (χ0v) is 11.4. The molecule has 2 aromatic rings. The minimum Gasteiger partial charge on any atom is -0.497 e. The Morgan fingerprint density at radius 2 is 2.11 bits per heavy atom. The summed E-state index contributed by atoms with van der Waals surface area (Å²) in [6.07, 6.45) is 1.29. The van der Waals surface area contributed by atoms with Crippen molar-refractivity contribution in [3.05, 3.63) is 46.4 Å². The largest absolute Gasteiger partial charge is 0.497 e. The van der Waals surface area contributed by atoms with Gasteiger partial charge in [-0.3, -0.25) is 0 Å². The molecule has 0 aliphatic rings. The smallest absolute Gasteiger partial charge is 0.176 e. The number of benzene rings is 1. The lowest BCUT2D eigenvalue weighted by Gasteiger charge is -2.09. The second-order valence-electron chi connectivity index (χ2n) is 3.51. The van der Waals surface area contributed by atoms with Gasteiger partial charge in [-0.25, -0.2) is 9.37 Å². The van der Waals surface area contributed by atoms with E-state index in [1.54, 1.807) is 31.4 Å². The van der Waals surface area contributed by atoms with E-state index in [1.165, 1.54) is 6.20 Å². The molecule has 0 spiro atoms. The van der Waals surface area contributed by atoms with E-state index in [1.807, 2.05) is 0 Å². The molecule has 6 heteroatoms. The van der Waals surface area contributed by atoms with Crippen LogP contribution in [0.5, 0.6) is 17.2 Å². The van der Waals surface area contributed by atoms with Gasteiger partial charge in [-0.15, -0.1) is 0 Å². The summed E-state index contributed by atoms with van der Waals surface area (Å²) in [7, 11) is 1.56. The molecule has 0 saturated carbocycles. The molecule has 1 heterocycles. The summed E-state index contributed by atoms with van der Waals surface area (Å²) in [5, 5.41) is 8.59. The van der Waals surface area contributed by atoms with Gasteiger partial charge in [0.05, 0.1) is 17.8 Å². The van der Waals surface area contributed by atoms with Gasteiger partial charge in [0, 0.05) is 6.07 Å². The SMILES string of the molecule is COc1ccc(Oc2cnc(C#N)c(F)c2)c(Br)c1. The number of rotatable bonds is 3. The Kier molecular flexibility index (Phi) is 3.97. The minimum atomic E-state index is -0.718. The molecule has 0 radical (unpaired) electrons. The van der Waals surface area contributed by atoms with Gasteiger partial charge in [0.25, 0.3) is 0 Å². The maximum Gasteiger partial charge on any atom is 0.176 e. The Morgan fingerprint density at radius 3 is 2.68 bits per heavy atom. The first-order valence-corrected chi connectivity index (χ1v) is 6.00. The number of aromatic nitrogens is 1. The van der Waals surface area contributed by atoms with Gasteiger partial charge in [0.15, 0.2) is 11.5 Å². The van der Waals surface area contributed by atoms with Gasteiger partial charge in [-0.2, -0.15) is 5.26 Å². The van der Waals surface area contributed by atoms with Crippen molar-refractivity contribution in [1.82, 2.24) is 4.98 Å². The number of hydrogen-bond acceptors (Lipinski definition) is 4. The monoisotopic (exact) mass is 322 g/mol. The predicted octanol–water partition coefficient (Wildman–Crippen LogP) is 3.66. The zero-order valence-electron chi connectivity index (χ0n) is 9.85. The van der Waals surface area contributed by atoms with Crippen molar-refractivity contribution < 1.29 is 13.9 Å². The first kappa shape index (κ1) is 13.3. The average molecular weight is 323 g/mol. The molecule has 0 saturated heterocycles. The Hall–Kier alpha value is -2.13. The second-order valence-corrected chi connectivity index (χ2v) is 4.37. The molecule has 1 aromatic carbocycles. The molecule has 4 nitrogen and oxygen atoms in total. The van der Waals surface area contributed by atoms with Gasteiger partial charge >= 0.3 is 0 Å². The van der Waals surface area contributed by atoms with E-state index >= 15 is 0 Å². The Morgan fingerprint density at radius 1 is 1.32 bits per heavy atom. The van der Waals surface area contributed by atoms with Crippen LogP contribution in [0.1, 0.15) is 5.69 Å². The molecule has 96 valence electrons. The van der Waals surface area contributed by atoms with Crippen molar-refractivity contribution in [3.8, 4) is 23.3 Å². The van der Waals surface area contributed by atoms with Gasteiger partial charge in [-0.1, -0.05) is 0 Å². The molecule has 1 aromatic heterocycles. The fourth-order valence-electron chi connectivity index (χ4n) is 1.38. The van der Waals surface area contributed by atoms with E-state index in [0.717, 1.165) is 6.07 Å². The van der Waals surface area contributed by atoms with Crippen molar-refractivity contribution in [3.63, 3.8) is 0 Å². The highest BCUT2D eigenvalue weighted by atomic mass is 79.9. The molecule has 0 aliphatic heterocycles. The summed E-state index contributed by atoms with van der Waals surface area (Å²) in [5.41, 5.74) is -0.263. The maximum absolute atomic E-state index is 13.4. The normalized spacial score (nSPS) is 9.79. The molecule has 0 unspecified atom stereocenters. The Labute approximate surface area is 117 Å². The molecule has 2 rings (SSSR count). The van der Waals surface area contributed by atoms with Crippen LogP contribution < -0.4 is 9.47 Å². The van der Waals surface area contributed by atoms with Gasteiger partial charge < -0.3 is 9.47 Å². The van der Waals surface area contributed by atoms with Crippen molar-refractivity contribution in [1.29, 1.82) is 5.26 Å². The van der Waals surface area contributed by atoms with Gasteiger partial charge in [-0.05, 0) is 34.1 Å². The predicted molar refractivity (Wildman–Crippen MR) is 69.7 cm³/mol. The second kappa shape index (κ2) is 5.67. The number of pyridine rings is 1. The first-order chi connectivity index (χ1) is 9.13. The Bertz CT molecular complexity index is 656. The van der Waals surface area contributed by atoms with Crippen molar-refractivity contribution in [2.24, 2.45) is 0 Å². The lowest BCUT2D eigenvalue weighted by atomic mass is 10.3. The highest BCUT2D eigenvalue weighted by Gasteiger charge is 2.08. The third-order valence-corrected chi connectivity index (χ3v) is 2.91. The highest BCUT2D eigenvalue weighted by Crippen LogP contribution is 2.32. The van der Waals surface area contributed by atoms with E-state index < -0.39 is 5.82 Å². The quantitative estimate of drug-likeness (QED) is 0.865. The van der Waals surface area contributed by atoms with Crippen LogP contribution in [-0.2, 0) is 0 Å². The summed E-state index contributed by atoms with van der Waals surface area (Å²) in [5.74, 6) is 0.655.